The molecule has 0 bridgehead atoms. The zero-order valence-electron chi connectivity index (χ0n) is 8.53. The molecule has 1 unspecified atom stereocenters. The highest BCUT2D eigenvalue weighted by atomic mass is 16.3. The second-order valence-electron chi connectivity index (χ2n) is 4.37. The lowest BCUT2D eigenvalue weighted by Crippen LogP contribution is -2.31. The molecule has 0 heterocycles. The molecule has 1 aromatic carbocycles. The SMILES string of the molecule is CC1(NCC(O)c2ccccc2)CC1. The first-order chi connectivity index (χ1) is 6.70. The van der Waals surface area contributed by atoms with Crippen LogP contribution >= 0.6 is 0 Å². The van der Waals surface area contributed by atoms with Crippen molar-refractivity contribution in [1.29, 1.82) is 0 Å². The molecule has 0 aliphatic heterocycles. The van der Waals surface area contributed by atoms with E-state index in [1.165, 1.54) is 12.8 Å². The maximum Gasteiger partial charge on any atom is 0.0914 e. The third-order valence-corrected chi connectivity index (χ3v) is 2.91. The van der Waals surface area contributed by atoms with Crippen LogP contribution in [0.2, 0.25) is 0 Å². The van der Waals surface area contributed by atoms with Gasteiger partial charge in [-0.25, -0.2) is 0 Å². The third-order valence-electron chi connectivity index (χ3n) is 2.91. The Morgan fingerprint density at radius 2 is 2.00 bits per heavy atom. The predicted octanol–water partition coefficient (Wildman–Crippen LogP) is 1.86. The summed E-state index contributed by atoms with van der Waals surface area (Å²) in [5.74, 6) is 0. The van der Waals surface area contributed by atoms with Crippen molar-refractivity contribution in [2.45, 2.75) is 31.4 Å². The average Bonchev–Trinajstić information content (AvgIpc) is 2.95. The second-order valence-corrected chi connectivity index (χ2v) is 4.37. The zero-order valence-corrected chi connectivity index (χ0v) is 8.53. The van der Waals surface area contributed by atoms with Gasteiger partial charge in [0.15, 0.2) is 0 Å². The monoisotopic (exact) mass is 191 g/mol. The summed E-state index contributed by atoms with van der Waals surface area (Å²) in [6.07, 6.45) is 2.08. The lowest BCUT2D eigenvalue weighted by molar-refractivity contribution is 0.169. The highest BCUT2D eigenvalue weighted by Gasteiger charge is 2.36. The summed E-state index contributed by atoms with van der Waals surface area (Å²) in [7, 11) is 0. The molecule has 1 aliphatic rings. The predicted molar refractivity (Wildman–Crippen MR) is 57.0 cm³/mol. The van der Waals surface area contributed by atoms with Crippen molar-refractivity contribution in [2.24, 2.45) is 0 Å². The number of aliphatic hydroxyl groups is 1. The van der Waals surface area contributed by atoms with E-state index in [0.29, 0.717) is 12.1 Å². The minimum absolute atomic E-state index is 0.301. The van der Waals surface area contributed by atoms with Crippen LogP contribution in [0.25, 0.3) is 0 Å². The van der Waals surface area contributed by atoms with E-state index in [1.54, 1.807) is 0 Å². The van der Waals surface area contributed by atoms with Crippen molar-refractivity contribution >= 4 is 0 Å². The maximum absolute atomic E-state index is 9.85. The zero-order chi connectivity index (χ0) is 10.0. The molecule has 76 valence electrons. The lowest BCUT2D eigenvalue weighted by Gasteiger charge is -2.16. The molecule has 1 saturated carbocycles. The van der Waals surface area contributed by atoms with E-state index in [-0.39, 0.29) is 6.10 Å². The Balaban J connectivity index is 1.86. The summed E-state index contributed by atoms with van der Waals surface area (Å²) in [6, 6.07) is 9.80. The van der Waals surface area contributed by atoms with Crippen LogP contribution in [-0.4, -0.2) is 17.2 Å². The molecule has 2 N–H and O–H groups in total. The number of nitrogens with one attached hydrogen (secondary N) is 1. The van der Waals surface area contributed by atoms with Crippen LogP contribution in [0.15, 0.2) is 30.3 Å². The third kappa shape index (κ3) is 2.34. The fraction of sp³-hybridized carbons (Fsp3) is 0.500. The lowest BCUT2D eigenvalue weighted by atomic mass is 10.1. The molecule has 0 spiro atoms. The summed E-state index contributed by atoms with van der Waals surface area (Å²) < 4.78 is 0. The molecule has 2 nitrogen and oxygen atoms in total. The van der Waals surface area contributed by atoms with Crippen LogP contribution in [0.1, 0.15) is 31.4 Å². The Bertz CT molecular complexity index is 292. The molecular formula is C12H17NO. The number of rotatable bonds is 4. The maximum atomic E-state index is 9.85. The molecule has 2 heteroatoms. The fourth-order valence-electron chi connectivity index (χ4n) is 1.50. The highest BCUT2D eigenvalue weighted by Crippen LogP contribution is 2.34. The van der Waals surface area contributed by atoms with Crippen LogP contribution in [0.3, 0.4) is 0 Å². The van der Waals surface area contributed by atoms with Crippen molar-refractivity contribution in [1.82, 2.24) is 5.32 Å². The topological polar surface area (TPSA) is 32.3 Å². The molecule has 0 radical (unpaired) electrons. The Morgan fingerprint density at radius 1 is 1.36 bits per heavy atom. The summed E-state index contributed by atoms with van der Waals surface area (Å²) in [5, 5.41) is 13.2. The minimum atomic E-state index is -0.381. The van der Waals surface area contributed by atoms with Crippen LogP contribution < -0.4 is 5.32 Å². The summed E-state index contributed by atoms with van der Waals surface area (Å²) in [4.78, 5) is 0. The average molecular weight is 191 g/mol. The molecule has 1 aliphatic carbocycles. The van der Waals surface area contributed by atoms with E-state index >= 15 is 0 Å². The van der Waals surface area contributed by atoms with Gasteiger partial charge in [0.1, 0.15) is 0 Å². The molecule has 1 fully saturated rings. The van der Waals surface area contributed by atoms with Gasteiger partial charge >= 0.3 is 0 Å². The van der Waals surface area contributed by atoms with Gasteiger partial charge in [0.2, 0.25) is 0 Å². The molecule has 0 amide bonds. The van der Waals surface area contributed by atoms with Gasteiger partial charge in [-0.2, -0.15) is 0 Å². The summed E-state index contributed by atoms with van der Waals surface area (Å²) in [5.41, 5.74) is 1.29. The van der Waals surface area contributed by atoms with Gasteiger partial charge in [0.25, 0.3) is 0 Å². The van der Waals surface area contributed by atoms with Crippen molar-refractivity contribution < 1.29 is 5.11 Å². The van der Waals surface area contributed by atoms with E-state index in [4.69, 9.17) is 0 Å². The van der Waals surface area contributed by atoms with Crippen molar-refractivity contribution in [3.05, 3.63) is 35.9 Å². The van der Waals surface area contributed by atoms with Gasteiger partial charge in [-0.1, -0.05) is 30.3 Å². The van der Waals surface area contributed by atoms with Crippen molar-refractivity contribution in [2.75, 3.05) is 6.54 Å². The summed E-state index contributed by atoms with van der Waals surface area (Å²) in [6.45, 7) is 2.85. The summed E-state index contributed by atoms with van der Waals surface area (Å²) >= 11 is 0. The van der Waals surface area contributed by atoms with Crippen LogP contribution in [0.5, 0.6) is 0 Å². The van der Waals surface area contributed by atoms with Gasteiger partial charge in [0.05, 0.1) is 6.10 Å². The number of benzene rings is 1. The van der Waals surface area contributed by atoms with E-state index in [1.807, 2.05) is 30.3 Å². The molecule has 0 aromatic heterocycles. The first-order valence-corrected chi connectivity index (χ1v) is 5.18. The largest absolute Gasteiger partial charge is 0.387 e. The van der Waals surface area contributed by atoms with Gasteiger partial charge in [-0.05, 0) is 25.3 Å². The smallest absolute Gasteiger partial charge is 0.0914 e. The Kier molecular flexibility index (Phi) is 2.57. The van der Waals surface area contributed by atoms with Gasteiger partial charge < -0.3 is 10.4 Å². The van der Waals surface area contributed by atoms with Gasteiger partial charge in [0, 0.05) is 12.1 Å². The van der Waals surface area contributed by atoms with Crippen molar-refractivity contribution in [3.63, 3.8) is 0 Å². The second kappa shape index (κ2) is 3.71. The van der Waals surface area contributed by atoms with E-state index in [2.05, 4.69) is 12.2 Å². The Labute approximate surface area is 85.0 Å². The normalized spacial score (nSPS) is 20.4. The van der Waals surface area contributed by atoms with Gasteiger partial charge in [-0.3, -0.25) is 0 Å². The Morgan fingerprint density at radius 3 is 2.57 bits per heavy atom. The van der Waals surface area contributed by atoms with E-state index < -0.39 is 0 Å². The molecule has 1 aromatic rings. The van der Waals surface area contributed by atoms with Crippen LogP contribution in [0, 0.1) is 0 Å². The number of hydrogen-bond acceptors (Lipinski definition) is 2. The van der Waals surface area contributed by atoms with Crippen LogP contribution in [-0.2, 0) is 0 Å². The minimum Gasteiger partial charge on any atom is -0.387 e. The van der Waals surface area contributed by atoms with Crippen LogP contribution in [0.4, 0.5) is 0 Å². The number of aliphatic hydroxyl groups excluding tert-OH is 1. The van der Waals surface area contributed by atoms with E-state index in [0.717, 1.165) is 5.56 Å². The quantitative estimate of drug-likeness (QED) is 0.761. The highest BCUT2D eigenvalue weighted by molar-refractivity contribution is 5.17. The van der Waals surface area contributed by atoms with Gasteiger partial charge in [-0.15, -0.1) is 0 Å². The number of β-amino-alcohol motifs (C(OH)–C–C–N with tert-alkyl or cyclic N) is 1. The van der Waals surface area contributed by atoms with Crippen molar-refractivity contribution in [3.8, 4) is 0 Å². The molecule has 2 rings (SSSR count). The standard InChI is InChI=1S/C12H17NO/c1-12(7-8-12)13-9-11(14)10-5-3-2-4-6-10/h2-6,11,13-14H,7-9H2,1H3. The first-order valence-electron chi connectivity index (χ1n) is 5.18. The molecule has 1 atom stereocenters. The molecule has 14 heavy (non-hydrogen) atoms. The first kappa shape index (κ1) is 9.69. The molecular weight excluding hydrogens is 174 g/mol. The van der Waals surface area contributed by atoms with E-state index in [9.17, 15) is 5.11 Å². The molecule has 0 saturated heterocycles. The fourth-order valence-corrected chi connectivity index (χ4v) is 1.50. The number of hydrogen-bond donors (Lipinski definition) is 2. The Hall–Kier alpha value is -0.860.